The van der Waals surface area contributed by atoms with Crippen LogP contribution in [0.2, 0.25) is 0 Å². The highest BCUT2D eigenvalue weighted by Gasteiger charge is 2.29. The fraction of sp³-hybridized carbons (Fsp3) is 0.350. The molecule has 1 aliphatic rings. The van der Waals surface area contributed by atoms with Crippen LogP contribution in [0.1, 0.15) is 49.8 Å². The number of rotatable bonds is 2. The van der Waals surface area contributed by atoms with Gasteiger partial charge in [0.1, 0.15) is 5.82 Å². The summed E-state index contributed by atoms with van der Waals surface area (Å²) in [6, 6.07) is 4.12. The van der Waals surface area contributed by atoms with E-state index in [0.717, 1.165) is 0 Å². The molecule has 2 aromatic heterocycles. The molecule has 0 spiro atoms. The third kappa shape index (κ3) is 2.76. The van der Waals surface area contributed by atoms with Gasteiger partial charge in [-0.25, -0.2) is 9.37 Å². The predicted molar refractivity (Wildman–Crippen MR) is 106 cm³/mol. The molecule has 3 aromatic rings. The van der Waals surface area contributed by atoms with Crippen LogP contribution in [0.3, 0.4) is 0 Å². The van der Waals surface area contributed by atoms with Gasteiger partial charge >= 0.3 is 0 Å². The fourth-order valence-corrected chi connectivity index (χ4v) is 3.50. The summed E-state index contributed by atoms with van der Waals surface area (Å²) in [5, 5.41) is 6.30. The second kappa shape index (κ2) is 5.92. The van der Waals surface area contributed by atoms with E-state index < -0.39 is 5.82 Å². The van der Waals surface area contributed by atoms with Crippen molar-refractivity contribution in [1.29, 1.82) is 0 Å². The highest BCUT2D eigenvalue weighted by Crippen LogP contribution is 2.34. The number of carbonyl (C=O) groups is 1. The minimum absolute atomic E-state index is 0.182. The number of hydrogen-bond donors (Lipinski definition) is 3. The van der Waals surface area contributed by atoms with Gasteiger partial charge in [0.05, 0.1) is 39.5 Å². The largest absolute Gasteiger partial charge is 0.356 e. The second-order valence-electron chi connectivity index (χ2n) is 8.20. The van der Waals surface area contributed by atoms with Crippen LogP contribution >= 0.6 is 0 Å². The van der Waals surface area contributed by atoms with E-state index in [-0.39, 0.29) is 34.1 Å². The lowest BCUT2D eigenvalue weighted by Gasteiger charge is -2.23. The summed E-state index contributed by atoms with van der Waals surface area (Å²) in [6.45, 7) is 7.70. The van der Waals surface area contributed by atoms with Gasteiger partial charge in [0.25, 0.3) is 11.5 Å². The van der Waals surface area contributed by atoms with Crippen LogP contribution in [-0.4, -0.2) is 26.0 Å². The summed E-state index contributed by atoms with van der Waals surface area (Å²) >= 11 is 0. The zero-order valence-electron chi connectivity index (χ0n) is 16.4. The van der Waals surface area contributed by atoms with Crippen LogP contribution in [0.15, 0.2) is 23.0 Å². The lowest BCUT2D eigenvalue weighted by molar-refractivity contribution is 0.0958. The molecule has 0 fully saturated rings. The van der Waals surface area contributed by atoms with Gasteiger partial charge < -0.3 is 15.6 Å². The Kier molecular flexibility index (Phi) is 3.85. The van der Waals surface area contributed by atoms with Crippen LogP contribution < -0.4 is 16.2 Å². The van der Waals surface area contributed by atoms with Crippen molar-refractivity contribution in [2.45, 2.75) is 39.3 Å². The SMILES string of the molecule is C[C@H]1NC(=O)c2cc(-c3c(F)ccc4c(=O)n(C)c(NC(C)(C)C)nc34)[nH]c21. The number of anilines is 1. The van der Waals surface area contributed by atoms with E-state index >= 15 is 0 Å². The van der Waals surface area contributed by atoms with E-state index in [1.807, 2.05) is 27.7 Å². The van der Waals surface area contributed by atoms with Crippen molar-refractivity contribution in [3.63, 3.8) is 0 Å². The first kappa shape index (κ1) is 18.2. The van der Waals surface area contributed by atoms with Crippen molar-refractivity contribution in [2.75, 3.05) is 5.32 Å². The van der Waals surface area contributed by atoms with Crippen molar-refractivity contribution in [3.8, 4) is 11.3 Å². The van der Waals surface area contributed by atoms with Gasteiger partial charge in [-0.05, 0) is 45.9 Å². The third-order valence-electron chi connectivity index (χ3n) is 4.83. The molecule has 0 aliphatic carbocycles. The predicted octanol–water partition coefficient (Wildman–Crippen LogP) is 3.08. The van der Waals surface area contributed by atoms with E-state index in [0.29, 0.717) is 28.3 Å². The molecule has 1 atom stereocenters. The molecule has 0 saturated heterocycles. The molecule has 1 amide bonds. The molecule has 1 aliphatic heterocycles. The Bertz CT molecular complexity index is 1190. The molecule has 8 heteroatoms. The number of fused-ring (bicyclic) bond motifs is 2. The van der Waals surface area contributed by atoms with E-state index in [1.54, 1.807) is 13.1 Å². The minimum atomic E-state index is -0.511. The monoisotopic (exact) mass is 383 g/mol. The quantitative estimate of drug-likeness (QED) is 0.634. The van der Waals surface area contributed by atoms with Gasteiger partial charge in [-0.3, -0.25) is 14.2 Å². The van der Waals surface area contributed by atoms with Gasteiger partial charge in [-0.2, -0.15) is 0 Å². The van der Waals surface area contributed by atoms with E-state index in [2.05, 4.69) is 20.6 Å². The zero-order valence-corrected chi connectivity index (χ0v) is 16.4. The number of aromatic amines is 1. The molecule has 3 heterocycles. The summed E-state index contributed by atoms with van der Waals surface area (Å²) in [5.74, 6) is -0.366. The lowest BCUT2D eigenvalue weighted by atomic mass is 10.1. The van der Waals surface area contributed by atoms with E-state index in [1.165, 1.54) is 16.7 Å². The Morgan fingerprint density at radius 1 is 1.25 bits per heavy atom. The Morgan fingerprint density at radius 2 is 1.96 bits per heavy atom. The molecule has 28 heavy (non-hydrogen) atoms. The molecule has 0 radical (unpaired) electrons. The number of benzene rings is 1. The standard InChI is InChI=1S/C20H22FN5O2/c1-9-15-11(17(27)22-9)8-13(23-15)14-12(21)7-6-10-16(14)24-19(25-20(2,3)4)26(5)18(10)28/h6-9,23H,1-5H3,(H,22,27)(H,24,25)/t9-/m1/s1. The number of H-pyrrole nitrogens is 1. The second-order valence-corrected chi connectivity index (χ2v) is 8.20. The van der Waals surface area contributed by atoms with Gasteiger partial charge in [-0.1, -0.05) is 0 Å². The van der Waals surface area contributed by atoms with Crippen LogP contribution in [0, 0.1) is 5.82 Å². The molecule has 0 saturated carbocycles. The summed E-state index contributed by atoms with van der Waals surface area (Å²) in [7, 11) is 1.63. The summed E-state index contributed by atoms with van der Waals surface area (Å²) in [4.78, 5) is 32.6. The highest BCUT2D eigenvalue weighted by molar-refractivity contribution is 6.01. The number of amides is 1. The molecule has 146 valence electrons. The van der Waals surface area contributed by atoms with Crippen LogP contribution in [0.25, 0.3) is 22.2 Å². The third-order valence-corrected chi connectivity index (χ3v) is 4.83. The van der Waals surface area contributed by atoms with Crippen LogP contribution in [0.5, 0.6) is 0 Å². The minimum Gasteiger partial charge on any atom is -0.356 e. The number of nitrogens with zero attached hydrogens (tertiary/aromatic N) is 2. The lowest BCUT2D eigenvalue weighted by Crippen LogP contribution is -2.32. The molecular weight excluding hydrogens is 361 g/mol. The van der Waals surface area contributed by atoms with Crippen molar-refractivity contribution in [2.24, 2.45) is 7.05 Å². The number of aromatic nitrogens is 3. The molecule has 1 aromatic carbocycles. The van der Waals surface area contributed by atoms with E-state index in [9.17, 15) is 14.0 Å². The smallest absolute Gasteiger partial charge is 0.262 e. The first-order chi connectivity index (χ1) is 13.1. The molecule has 4 rings (SSSR count). The zero-order chi connectivity index (χ0) is 20.4. The average molecular weight is 383 g/mol. The van der Waals surface area contributed by atoms with Crippen LogP contribution in [0.4, 0.5) is 10.3 Å². The molecular formula is C20H22FN5O2. The Labute approximate surface area is 161 Å². The van der Waals surface area contributed by atoms with Crippen molar-refractivity contribution in [3.05, 3.63) is 45.6 Å². The van der Waals surface area contributed by atoms with Crippen molar-refractivity contribution in [1.82, 2.24) is 19.9 Å². The number of hydrogen-bond acceptors (Lipinski definition) is 4. The van der Waals surface area contributed by atoms with E-state index in [4.69, 9.17) is 0 Å². The van der Waals surface area contributed by atoms with Gasteiger partial charge in [0.15, 0.2) is 0 Å². The normalized spacial score (nSPS) is 16.4. The van der Waals surface area contributed by atoms with Gasteiger partial charge in [0.2, 0.25) is 5.95 Å². The van der Waals surface area contributed by atoms with Gasteiger partial charge in [-0.15, -0.1) is 0 Å². The number of carbonyl (C=O) groups excluding carboxylic acids is 1. The summed E-state index contributed by atoms with van der Waals surface area (Å²) in [5.41, 5.74) is 1.44. The first-order valence-corrected chi connectivity index (χ1v) is 9.08. The van der Waals surface area contributed by atoms with Crippen molar-refractivity contribution < 1.29 is 9.18 Å². The maximum absolute atomic E-state index is 14.9. The van der Waals surface area contributed by atoms with Crippen LogP contribution in [-0.2, 0) is 7.05 Å². The molecule has 3 N–H and O–H groups in total. The first-order valence-electron chi connectivity index (χ1n) is 9.08. The Hall–Kier alpha value is -3.16. The van der Waals surface area contributed by atoms with Crippen molar-refractivity contribution >= 4 is 22.8 Å². The molecule has 0 bridgehead atoms. The number of nitrogens with one attached hydrogen (secondary N) is 3. The maximum atomic E-state index is 14.9. The van der Waals surface area contributed by atoms with Gasteiger partial charge in [0, 0.05) is 12.6 Å². The fourth-order valence-electron chi connectivity index (χ4n) is 3.50. The number of halogens is 1. The average Bonchev–Trinajstić information content (AvgIpc) is 3.13. The topological polar surface area (TPSA) is 91.8 Å². The molecule has 7 nitrogen and oxygen atoms in total. The maximum Gasteiger partial charge on any atom is 0.262 e. The Morgan fingerprint density at radius 3 is 2.61 bits per heavy atom. The Balaban J connectivity index is 2.00. The highest BCUT2D eigenvalue weighted by atomic mass is 19.1. The summed E-state index contributed by atoms with van der Waals surface area (Å²) in [6.07, 6.45) is 0. The summed E-state index contributed by atoms with van der Waals surface area (Å²) < 4.78 is 16.3. The molecule has 0 unspecified atom stereocenters.